The lowest BCUT2D eigenvalue weighted by Crippen LogP contribution is -2.02. The van der Waals surface area contributed by atoms with E-state index >= 15 is 0 Å². The average molecular weight is 270 g/mol. The fraction of sp³-hybridized carbons (Fsp3) is 0.188. The van der Waals surface area contributed by atoms with E-state index < -0.39 is 0 Å². The van der Waals surface area contributed by atoms with Crippen molar-refractivity contribution in [2.45, 2.75) is 6.42 Å². The van der Waals surface area contributed by atoms with Gasteiger partial charge in [0.25, 0.3) is 0 Å². The van der Waals surface area contributed by atoms with Crippen LogP contribution in [0.25, 0.3) is 0 Å². The molecule has 20 heavy (non-hydrogen) atoms. The summed E-state index contributed by atoms with van der Waals surface area (Å²) in [7, 11) is 0. The summed E-state index contributed by atoms with van der Waals surface area (Å²) < 4.78 is 19.0. The molecule has 2 rings (SSSR count). The lowest BCUT2D eigenvalue weighted by atomic mass is 10.2. The molecule has 1 aromatic carbocycles. The molecule has 0 radical (unpaired) electrons. The van der Waals surface area contributed by atoms with Crippen LogP contribution in [0.5, 0.6) is 5.75 Å². The second-order valence-electron chi connectivity index (χ2n) is 4.14. The summed E-state index contributed by atoms with van der Waals surface area (Å²) in [6, 6.07) is 8.26. The van der Waals surface area contributed by atoms with Crippen molar-refractivity contribution in [3.63, 3.8) is 0 Å². The standard InChI is InChI=1S/C16H15FN2O/c17-15-10-14(2-1-6-18)11-16(12-15)20-9-5-13-3-7-19-8-4-13/h3-4,7-8,10-12H,5-6,9,18H2. The molecule has 2 aromatic rings. The number of benzene rings is 1. The van der Waals surface area contributed by atoms with E-state index in [2.05, 4.69) is 16.8 Å². The Hall–Kier alpha value is -2.38. The lowest BCUT2D eigenvalue weighted by molar-refractivity contribution is 0.320. The van der Waals surface area contributed by atoms with Crippen LogP contribution in [0.15, 0.2) is 42.7 Å². The summed E-state index contributed by atoms with van der Waals surface area (Å²) in [5.41, 5.74) is 6.98. The fourth-order valence-electron chi connectivity index (χ4n) is 1.71. The van der Waals surface area contributed by atoms with Gasteiger partial charge in [-0.3, -0.25) is 4.98 Å². The highest BCUT2D eigenvalue weighted by Crippen LogP contribution is 2.16. The van der Waals surface area contributed by atoms with Gasteiger partial charge < -0.3 is 10.5 Å². The van der Waals surface area contributed by atoms with Crippen LogP contribution < -0.4 is 10.5 Å². The van der Waals surface area contributed by atoms with Crippen molar-refractivity contribution in [3.05, 3.63) is 59.7 Å². The van der Waals surface area contributed by atoms with Gasteiger partial charge in [0.2, 0.25) is 0 Å². The van der Waals surface area contributed by atoms with Gasteiger partial charge in [-0.2, -0.15) is 0 Å². The Kier molecular flexibility index (Phi) is 5.10. The van der Waals surface area contributed by atoms with Gasteiger partial charge in [-0.15, -0.1) is 0 Å². The minimum absolute atomic E-state index is 0.245. The monoisotopic (exact) mass is 270 g/mol. The van der Waals surface area contributed by atoms with E-state index in [1.165, 1.54) is 12.1 Å². The molecule has 2 N–H and O–H groups in total. The van der Waals surface area contributed by atoms with Crippen LogP contribution in [-0.2, 0) is 6.42 Å². The fourth-order valence-corrected chi connectivity index (χ4v) is 1.71. The largest absolute Gasteiger partial charge is 0.493 e. The van der Waals surface area contributed by atoms with Gasteiger partial charge in [0, 0.05) is 30.4 Å². The summed E-state index contributed by atoms with van der Waals surface area (Å²) in [5.74, 6) is 5.58. The third-order valence-corrected chi connectivity index (χ3v) is 2.61. The van der Waals surface area contributed by atoms with E-state index in [1.807, 2.05) is 12.1 Å². The quantitative estimate of drug-likeness (QED) is 0.866. The highest BCUT2D eigenvalue weighted by Gasteiger charge is 2.01. The highest BCUT2D eigenvalue weighted by atomic mass is 19.1. The van der Waals surface area contributed by atoms with E-state index in [0.29, 0.717) is 17.9 Å². The predicted molar refractivity (Wildman–Crippen MR) is 75.8 cm³/mol. The highest BCUT2D eigenvalue weighted by molar-refractivity contribution is 5.40. The molecule has 0 saturated carbocycles. The Morgan fingerprint density at radius 1 is 1.20 bits per heavy atom. The van der Waals surface area contributed by atoms with Gasteiger partial charge in [0.15, 0.2) is 0 Å². The van der Waals surface area contributed by atoms with Crippen LogP contribution in [0, 0.1) is 17.7 Å². The van der Waals surface area contributed by atoms with Crippen LogP contribution in [0.1, 0.15) is 11.1 Å². The Morgan fingerprint density at radius 2 is 2.00 bits per heavy atom. The minimum atomic E-state index is -0.368. The second-order valence-corrected chi connectivity index (χ2v) is 4.14. The van der Waals surface area contributed by atoms with Crippen molar-refractivity contribution >= 4 is 0 Å². The van der Waals surface area contributed by atoms with Crippen molar-refractivity contribution in [3.8, 4) is 17.6 Å². The molecule has 0 aliphatic carbocycles. The van der Waals surface area contributed by atoms with Crippen LogP contribution in [0.3, 0.4) is 0 Å². The van der Waals surface area contributed by atoms with Crippen molar-refractivity contribution in [2.24, 2.45) is 5.73 Å². The number of pyridine rings is 1. The molecule has 0 amide bonds. The zero-order valence-electron chi connectivity index (χ0n) is 11.0. The third-order valence-electron chi connectivity index (χ3n) is 2.61. The van der Waals surface area contributed by atoms with Gasteiger partial charge in [-0.25, -0.2) is 4.39 Å². The van der Waals surface area contributed by atoms with E-state index in [4.69, 9.17) is 10.5 Å². The number of hydrogen-bond acceptors (Lipinski definition) is 3. The van der Waals surface area contributed by atoms with Gasteiger partial charge in [-0.1, -0.05) is 11.8 Å². The average Bonchev–Trinajstić information content (AvgIpc) is 2.46. The predicted octanol–water partition coefficient (Wildman–Crippen LogP) is 2.15. The zero-order valence-corrected chi connectivity index (χ0v) is 11.0. The Bertz CT molecular complexity index is 617. The summed E-state index contributed by atoms with van der Waals surface area (Å²) in [4.78, 5) is 3.95. The maximum atomic E-state index is 13.4. The number of rotatable bonds is 4. The van der Waals surface area contributed by atoms with E-state index in [0.717, 1.165) is 12.0 Å². The third kappa shape index (κ3) is 4.38. The maximum Gasteiger partial charge on any atom is 0.128 e. The number of hydrogen-bond donors (Lipinski definition) is 1. The first-order valence-corrected chi connectivity index (χ1v) is 6.29. The Balaban J connectivity index is 1.97. The van der Waals surface area contributed by atoms with Crippen molar-refractivity contribution in [2.75, 3.05) is 13.2 Å². The number of aromatic nitrogens is 1. The van der Waals surface area contributed by atoms with E-state index in [9.17, 15) is 4.39 Å². The van der Waals surface area contributed by atoms with Crippen molar-refractivity contribution in [1.82, 2.24) is 4.98 Å². The van der Waals surface area contributed by atoms with Crippen molar-refractivity contribution < 1.29 is 9.13 Å². The molecule has 0 atom stereocenters. The first kappa shape index (κ1) is 14.0. The molecular weight excluding hydrogens is 255 g/mol. The molecular formula is C16H15FN2O. The molecule has 0 bridgehead atoms. The molecule has 0 aliphatic heterocycles. The smallest absolute Gasteiger partial charge is 0.128 e. The molecule has 0 unspecified atom stereocenters. The number of halogens is 1. The van der Waals surface area contributed by atoms with Crippen LogP contribution in [0.2, 0.25) is 0 Å². The first-order valence-electron chi connectivity index (χ1n) is 6.29. The first-order chi connectivity index (χ1) is 9.78. The minimum Gasteiger partial charge on any atom is -0.493 e. The maximum absolute atomic E-state index is 13.4. The summed E-state index contributed by atoms with van der Waals surface area (Å²) in [6.07, 6.45) is 4.21. The molecule has 3 nitrogen and oxygen atoms in total. The number of nitrogens with zero attached hydrogens (tertiary/aromatic N) is 1. The molecule has 1 aromatic heterocycles. The summed E-state index contributed by atoms with van der Waals surface area (Å²) in [6.45, 7) is 0.714. The van der Waals surface area contributed by atoms with E-state index in [1.54, 1.807) is 18.5 Å². The molecule has 102 valence electrons. The van der Waals surface area contributed by atoms with Crippen LogP contribution in [0.4, 0.5) is 4.39 Å². The second kappa shape index (κ2) is 7.27. The summed E-state index contributed by atoms with van der Waals surface area (Å²) >= 11 is 0. The van der Waals surface area contributed by atoms with Crippen molar-refractivity contribution in [1.29, 1.82) is 0 Å². The SMILES string of the molecule is NCC#Cc1cc(F)cc(OCCc2ccncc2)c1. The van der Waals surface area contributed by atoms with E-state index in [-0.39, 0.29) is 12.4 Å². The zero-order chi connectivity index (χ0) is 14.2. The molecule has 0 saturated heterocycles. The molecule has 1 heterocycles. The Morgan fingerprint density at radius 3 is 2.75 bits per heavy atom. The topological polar surface area (TPSA) is 48.1 Å². The van der Waals surface area contributed by atoms with Gasteiger partial charge in [-0.05, 0) is 29.8 Å². The van der Waals surface area contributed by atoms with Gasteiger partial charge >= 0.3 is 0 Å². The molecule has 0 aliphatic rings. The van der Waals surface area contributed by atoms with Gasteiger partial charge in [0.05, 0.1) is 13.2 Å². The Labute approximate surface area is 117 Å². The van der Waals surface area contributed by atoms with Crippen LogP contribution in [-0.4, -0.2) is 18.1 Å². The summed E-state index contributed by atoms with van der Waals surface area (Å²) in [5, 5.41) is 0. The lowest BCUT2D eigenvalue weighted by Gasteiger charge is -2.07. The normalized spacial score (nSPS) is 9.70. The van der Waals surface area contributed by atoms with Crippen LogP contribution >= 0.6 is 0 Å². The molecule has 0 fully saturated rings. The van der Waals surface area contributed by atoms with Gasteiger partial charge in [0.1, 0.15) is 11.6 Å². The number of nitrogens with two attached hydrogens (primary N) is 1. The number of ether oxygens (including phenoxy) is 1. The molecule has 4 heteroatoms. The molecule has 0 spiro atoms.